The van der Waals surface area contributed by atoms with E-state index in [1.165, 1.54) is 5.56 Å². The van der Waals surface area contributed by atoms with Gasteiger partial charge < -0.3 is 5.32 Å². The fourth-order valence-corrected chi connectivity index (χ4v) is 2.21. The maximum absolute atomic E-state index is 12.3. The number of amides is 1. The fraction of sp³-hybridized carbons (Fsp3) is 0.118. The first-order valence-corrected chi connectivity index (χ1v) is 6.98. The van der Waals surface area contributed by atoms with E-state index in [9.17, 15) is 4.79 Å². The number of aryl methyl sites for hydroxylation is 2. The molecule has 5 nitrogen and oxygen atoms in total. The molecule has 0 atom stereocenters. The third kappa shape index (κ3) is 2.88. The van der Waals surface area contributed by atoms with Gasteiger partial charge in [-0.2, -0.15) is 5.10 Å². The van der Waals surface area contributed by atoms with Crippen LogP contribution in [0.25, 0.3) is 5.82 Å². The summed E-state index contributed by atoms with van der Waals surface area (Å²) < 4.78 is 1.64. The van der Waals surface area contributed by atoms with E-state index >= 15 is 0 Å². The predicted octanol–water partition coefficient (Wildman–Crippen LogP) is 3.14. The molecule has 0 spiro atoms. The molecule has 0 radical (unpaired) electrons. The van der Waals surface area contributed by atoms with Gasteiger partial charge in [0.1, 0.15) is 0 Å². The molecule has 22 heavy (non-hydrogen) atoms. The van der Waals surface area contributed by atoms with Gasteiger partial charge in [-0.05, 0) is 43.7 Å². The van der Waals surface area contributed by atoms with E-state index in [-0.39, 0.29) is 5.91 Å². The number of carbonyl (C=O) groups is 1. The monoisotopic (exact) mass is 292 g/mol. The van der Waals surface area contributed by atoms with Crippen LogP contribution in [0.3, 0.4) is 0 Å². The number of hydrogen-bond acceptors (Lipinski definition) is 3. The van der Waals surface area contributed by atoms with Gasteiger partial charge in [-0.1, -0.05) is 17.7 Å². The normalized spacial score (nSPS) is 10.5. The van der Waals surface area contributed by atoms with Crippen molar-refractivity contribution in [1.82, 2.24) is 14.8 Å². The smallest absolute Gasteiger partial charge is 0.257 e. The molecule has 0 aliphatic carbocycles. The highest BCUT2D eigenvalue weighted by Crippen LogP contribution is 2.17. The molecular weight excluding hydrogens is 276 g/mol. The van der Waals surface area contributed by atoms with Gasteiger partial charge in [-0.25, -0.2) is 9.67 Å². The van der Waals surface area contributed by atoms with Crippen LogP contribution < -0.4 is 5.32 Å². The molecule has 3 aromatic rings. The third-order valence-corrected chi connectivity index (χ3v) is 3.38. The molecule has 0 saturated heterocycles. The minimum absolute atomic E-state index is 0.175. The largest absolute Gasteiger partial charge is 0.322 e. The second-order valence-electron chi connectivity index (χ2n) is 5.13. The third-order valence-electron chi connectivity index (χ3n) is 3.38. The SMILES string of the molecule is Cc1ccc(NC(=O)c2ccc(-n3cccn3)nc2)c(C)c1. The Morgan fingerprint density at radius 3 is 2.68 bits per heavy atom. The van der Waals surface area contributed by atoms with Crippen molar-refractivity contribution in [3.63, 3.8) is 0 Å². The Bertz CT molecular complexity index is 792. The molecule has 0 bridgehead atoms. The van der Waals surface area contributed by atoms with Crippen molar-refractivity contribution < 1.29 is 4.79 Å². The lowest BCUT2D eigenvalue weighted by Crippen LogP contribution is -2.13. The first kappa shape index (κ1) is 14.0. The molecule has 0 saturated carbocycles. The molecule has 3 rings (SSSR count). The van der Waals surface area contributed by atoms with Crippen molar-refractivity contribution in [2.45, 2.75) is 13.8 Å². The zero-order valence-electron chi connectivity index (χ0n) is 12.4. The molecule has 110 valence electrons. The number of carbonyl (C=O) groups excluding carboxylic acids is 1. The molecule has 2 aromatic heterocycles. The summed E-state index contributed by atoms with van der Waals surface area (Å²) in [6.45, 7) is 4.00. The number of nitrogens with zero attached hydrogens (tertiary/aromatic N) is 3. The molecule has 1 amide bonds. The maximum Gasteiger partial charge on any atom is 0.257 e. The zero-order valence-corrected chi connectivity index (χ0v) is 12.4. The summed E-state index contributed by atoms with van der Waals surface area (Å²) in [5, 5.41) is 7.01. The second-order valence-corrected chi connectivity index (χ2v) is 5.13. The van der Waals surface area contributed by atoms with Gasteiger partial charge in [0.25, 0.3) is 5.91 Å². The van der Waals surface area contributed by atoms with Crippen molar-refractivity contribution in [3.05, 3.63) is 71.7 Å². The van der Waals surface area contributed by atoms with E-state index in [0.29, 0.717) is 11.4 Å². The number of rotatable bonds is 3. The molecule has 1 aromatic carbocycles. The standard InChI is InChI=1S/C17H16N4O/c1-12-4-6-15(13(2)10-12)20-17(22)14-5-7-16(18-11-14)21-9-3-8-19-21/h3-11H,1-2H3,(H,20,22). The van der Waals surface area contributed by atoms with Crippen molar-refractivity contribution >= 4 is 11.6 Å². The van der Waals surface area contributed by atoms with E-state index in [4.69, 9.17) is 0 Å². The molecule has 1 N–H and O–H groups in total. The molecule has 0 unspecified atom stereocenters. The molecule has 0 fully saturated rings. The van der Waals surface area contributed by atoms with Crippen LogP contribution in [0, 0.1) is 13.8 Å². The quantitative estimate of drug-likeness (QED) is 0.806. The zero-order chi connectivity index (χ0) is 15.5. The van der Waals surface area contributed by atoms with Crippen LogP contribution in [0.5, 0.6) is 0 Å². The van der Waals surface area contributed by atoms with Gasteiger partial charge in [0.05, 0.1) is 5.56 Å². The first-order chi connectivity index (χ1) is 10.6. The summed E-state index contributed by atoms with van der Waals surface area (Å²) >= 11 is 0. The molecule has 0 aliphatic heterocycles. The van der Waals surface area contributed by atoms with Gasteiger partial charge >= 0.3 is 0 Å². The Morgan fingerprint density at radius 1 is 1.18 bits per heavy atom. The maximum atomic E-state index is 12.3. The Kier molecular flexibility index (Phi) is 3.70. The van der Waals surface area contributed by atoms with Gasteiger partial charge in [-0.15, -0.1) is 0 Å². The molecule has 2 heterocycles. The molecule has 0 aliphatic rings. The molecular formula is C17H16N4O. The minimum atomic E-state index is -0.175. The van der Waals surface area contributed by atoms with E-state index in [1.54, 1.807) is 35.4 Å². The number of pyridine rings is 1. The number of nitrogens with one attached hydrogen (secondary N) is 1. The number of hydrogen-bond donors (Lipinski definition) is 1. The van der Waals surface area contributed by atoms with Crippen molar-refractivity contribution in [3.8, 4) is 5.82 Å². The van der Waals surface area contributed by atoms with E-state index < -0.39 is 0 Å². The van der Waals surface area contributed by atoms with Crippen LogP contribution in [0.2, 0.25) is 0 Å². The number of anilines is 1. The highest BCUT2D eigenvalue weighted by atomic mass is 16.1. The minimum Gasteiger partial charge on any atom is -0.322 e. The van der Waals surface area contributed by atoms with E-state index in [2.05, 4.69) is 15.4 Å². The average Bonchev–Trinajstić information content (AvgIpc) is 3.04. The summed E-state index contributed by atoms with van der Waals surface area (Å²) in [5.74, 6) is 0.500. The average molecular weight is 292 g/mol. The van der Waals surface area contributed by atoms with Crippen LogP contribution in [0.4, 0.5) is 5.69 Å². The fourth-order valence-electron chi connectivity index (χ4n) is 2.21. The van der Waals surface area contributed by atoms with Gasteiger partial charge in [0.15, 0.2) is 5.82 Å². The Balaban J connectivity index is 1.77. The van der Waals surface area contributed by atoms with E-state index in [0.717, 1.165) is 11.3 Å². The van der Waals surface area contributed by atoms with Crippen LogP contribution in [-0.2, 0) is 0 Å². The summed E-state index contributed by atoms with van der Waals surface area (Å²) in [5.41, 5.74) is 3.53. The predicted molar refractivity (Wildman–Crippen MR) is 85.2 cm³/mol. The van der Waals surface area contributed by atoms with Crippen LogP contribution in [0.1, 0.15) is 21.5 Å². The Morgan fingerprint density at radius 2 is 2.05 bits per heavy atom. The summed E-state index contributed by atoms with van der Waals surface area (Å²) in [6, 6.07) is 11.2. The van der Waals surface area contributed by atoms with E-state index in [1.807, 2.05) is 38.1 Å². The highest BCUT2D eigenvalue weighted by molar-refractivity contribution is 6.04. The lowest BCUT2D eigenvalue weighted by molar-refractivity contribution is 0.102. The van der Waals surface area contributed by atoms with Crippen LogP contribution in [0.15, 0.2) is 55.0 Å². The highest BCUT2D eigenvalue weighted by Gasteiger charge is 2.09. The summed E-state index contributed by atoms with van der Waals surface area (Å²) in [6.07, 6.45) is 5.04. The van der Waals surface area contributed by atoms with Crippen molar-refractivity contribution in [2.75, 3.05) is 5.32 Å². The van der Waals surface area contributed by atoms with Gasteiger partial charge in [0, 0.05) is 24.3 Å². The topological polar surface area (TPSA) is 59.8 Å². The first-order valence-electron chi connectivity index (χ1n) is 6.98. The van der Waals surface area contributed by atoms with Gasteiger partial charge in [0.2, 0.25) is 0 Å². The van der Waals surface area contributed by atoms with Gasteiger partial charge in [-0.3, -0.25) is 4.79 Å². The number of benzene rings is 1. The summed E-state index contributed by atoms with van der Waals surface area (Å²) in [7, 11) is 0. The summed E-state index contributed by atoms with van der Waals surface area (Å²) in [4.78, 5) is 16.5. The van der Waals surface area contributed by atoms with Crippen molar-refractivity contribution in [2.24, 2.45) is 0 Å². The molecule has 5 heteroatoms. The lowest BCUT2D eigenvalue weighted by Gasteiger charge is -2.09. The second kappa shape index (κ2) is 5.81. The number of aromatic nitrogens is 3. The lowest BCUT2D eigenvalue weighted by atomic mass is 10.1. The van der Waals surface area contributed by atoms with Crippen molar-refractivity contribution in [1.29, 1.82) is 0 Å². The Labute approximate surface area is 128 Å². The Hall–Kier alpha value is -2.95. The van der Waals surface area contributed by atoms with Crippen LogP contribution >= 0.6 is 0 Å². The van der Waals surface area contributed by atoms with Crippen LogP contribution in [-0.4, -0.2) is 20.7 Å².